The van der Waals surface area contributed by atoms with Gasteiger partial charge in [0.2, 0.25) is 5.91 Å². The first kappa shape index (κ1) is 15.5. The number of carbonyl (C=O) groups excluding carboxylic acids is 2. The molecule has 1 fully saturated rings. The topological polar surface area (TPSA) is 49.4 Å². The molecule has 1 saturated heterocycles. The predicted molar refractivity (Wildman–Crippen MR) is 87.4 cm³/mol. The molecule has 4 nitrogen and oxygen atoms in total. The highest BCUT2D eigenvalue weighted by Gasteiger charge is 2.21. The van der Waals surface area contributed by atoms with Gasteiger partial charge in [-0.3, -0.25) is 9.59 Å². The van der Waals surface area contributed by atoms with Crippen LogP contribution in [0, 0.1) is 5.82 Å². The Kier molecular flexibility index (Phi) is 4.30. The van der Waals surface area contributed by atoms with Crippen LogP contribution in [0.15, 0.2) is 42.5 Å². The Balaban J connectivity index is 1.76. The molecule has 3 rings (SSSR count). The van der Waals surface area contributed by atoms with Crippen LogP contribution < -0.4 is 10.2 Å². The van der Waals surface area contributed by atoms with Crippen LogP contribution >= 0.6 is 11.6 Å². The van der Waals surface area contributed by atoms with Crippen molar-refractivity contribution in [2.24, 2.45) is 0 Å². The zero-order valence-electron chi connectivity index (χ0n) is 12.2. The van der Waals surface area contributed by atoms with Gasteiger partial charge in [0.05, 0.1) is 10.6 Å². The first-order valence-corrected chi connectivity index (χ1v) is 7.60. The summed E-state index contributed by atoms with van der Waals surface area (Å²) in [6.07, 6.45) is 1.41. The smallest absolute Gasteiger partial charge is 0.260 e. The molecule has 0 atom stereocenters. The first-order chi connectivity index (χ1) is 11.1. The molecule has 0 bridgehead atoms. The number of carbonyl (C=O) groups is 2. The molecule has 0 unspecified atom stereocenters. The third-order valence-corrected chi connectivity index (χ3v) is 4.02. The fourth-order valence-electron chi connectivity index (χ4n) is 2.55. The van der Waals surface area contributed by atoms with E-state index in [1.807, 2.05) is 0 Å². The van der Waals surface area contributed by atoms with Crippen LogP contribution in [-0.2, 0) is 4.79 Å². The van der Waals surface area contributed by atoms with Gasteiger partial charge in [0.25, 0.3) is 5.91 Å². The highest BCUT2D eigenvalue weighted by Crippen LogP contribution is 2.24. The summed E-state index contributed by atoms with van der Waals surface area (Å²) < 4.78 is 13.7. The Bertz CT molecular complexity index is 741. The van der Waals surface area contributed by atoms with Gasteiger partial charge >= 0.3 is 0 Å². The van der Waals surface area contributed by atoms with Crippen LogP contribution in [0.2, 0.25) is 5.02 Å². The maximum atomic E-state index is 13.7. The van der Waals surface area contributed by atoms with E-state index in [0.717, 1.165) is 12.1 Å². The van der Waals surface area contributed by atoms with Crippen molar-refractivity contribution < 1.29 is 14.0 Å². The molecule has 1 N–H and O–H groups in total. The van der Waals surface area contributed by atoms with Crippen molar-refractivity contribution in [1.82, 2.24) is 0 Å². The van der Waals surface area contributed by atoms with E-state index in [2.05, 4.69) is 5.32 Å². The summed E-state index contributed by atoms with van der Waals surface area (Å²) in [6, 6.07) is 10.9. The molecule has 1 aliphatic rings. The first-order valence-electron chi connectivity index (χ1n) is 7.22. The van der Waals surface area contributed by atoms with Crippen LogP contribution in [0.1, 0.15) is 23.2 Å². The zero-order valence-corrected chi connectivity index (χ0v) is 12.9. The SMILES string of the molecule is O=C(Nc1ccc(N2CCCC2=O)cc1)c1c(F)cccc1Cl. The van der Waals surface area contributed by atoms with E-state index in [-0.39, 0.29) is 16.5 Å². The molecule has 0 radical (unpaired) electrons. The number of hydrogen-bond donors (Lipinski definition) is 1. The molecule has 1 aliphatic heterocycles. The third kappa shape index (κ3) is 3.19. The number of benzene rings is 2. The average Bonchev–Trinajstić information content (AvgIpc) is 2.94. The maximum absolute atomic E-state index is 13.7. The summed E-state index contributed by atoms with van der Waals surface area (Å²) in [5.74, 6) is -1.19. The van der Waals surface area contributed by atoms with E-state index in [1.54, 1.807) is 29.2 Å². The number of halogens is 2. The fourth-order valence-corrected chi connectivity index (χ4v) is 2.80. The highest BCUT2D eigenvalue weighted by atomic mass is 35.5. The van der Waals surface area contributed by atoms with Crippen molar-refractivity contribution in [3.63, 3.8) is 0 Å². The molecule has 6 heteroatoms. The van der Waals surface area contributed by atoms with Gasteiger partial charge in [0.15, 0.2) is 0 Å². The molecule has 2 aromatic carbocycles. The van der Waals surface area contributed by atoms with E-state index < -0.39 is 11.7 Å². The number of rotatable bonds is 3. The molecule has 0 saturated carbocycles. The molecule has 2 aromatic rings. The Labute approximate surface area is 137 Å². The van der Waals surface area contributed by atoms with Crippen LogP contribution in [0.25, 0.3) is 0 Å². The zero-order chi connectivity index (χ0) is 16.4. The molecular formula is C17H14ClFN2O2. The van der Waals surface area contributed by atoms with Crippen LogP contribution in [0.4, 0.5) is 15.8 Å². The Hall–Kier alpha value is -2.40. The van der Waals surface area contributed by atoms with Crippen LogP contribution in [0.5, 0.6) is 0 Å². The average molecular weight is 333 g/mol. The Morgan fingerprint density at radius 3 is 2.52 bits per heavy atom. The quantitative estimate of drug-likeness (QED) is 0.928. The normalized spacial score (nSPS) is 14.2. The standard InChI is InChI=1S/C17H14ClFN2O2/c18-13-3-1-4-14(19)16(13)17(23)20-11-6-8-12(9-7-11)21-10-2-5-15(21)22/h1,3-4,6-9H,2,5,10H2,(H,20,23). The fraction of sp³-hybridized carbons (Fsp3) is 0.176. The van der Waals surface area contributed by atoms with E-state index in [1.165, 1.54) is 18.2 Å². The monoisotopic (exact) mass is 332 g/mol. The lowest BCUT2D eigenvalue weighted by atomic mass is 10.2. The molecule has 0 aromatic heterocycles. The van der Waals surface area contributed by atoms with E-state index in [9.17, 15) is 14.0 Å². The van der Waals surface area contributed by atoms with E-state index in [4.69, 9.17) is 11.6 Å². The maximum Gasteiger partial charge on any atom is 0.260 e. The molecule has 23 heavy (non-hydrogen) atoms. The summed E-state index contributed by atoms with van der Waals surface area (Å²) in [4.78, 5) is 25.6. The Morgan fingerprint density at radius 1 is 1.17 bits per heavy atom. The lowest BCUT2D eigenvalue weighted by Crippen LogP contribution is -2.23. The summed E-state index contributed by atoms with van der Waals surface area (Å²) in [5, 5.41) is 2.66. The van der Waals surface area contributed by atoms with Gasteiger partial charge in [-0.05, 0) is 42.8 Å². The molecule has 118 valence electrons. The van der Waals surface area contributed by atoms with Gasteiger partial charge in [0.1, 0.15) is 5.82 Å². The van der Waals surface area contributed by atoms with Crippen LogP contribution in [-0.4, -0.2) is 18.4 Å². The Morgan fingerprint density at radius 2 is 1.91 bits per heavy atom. The van der Waals surface area contributed by atoms with Gasteiger partial charge in [0, 0.05) is 24.3 Å². The minimum Gasteiger partial charge on any atom is -0.322 e. The van der Waals surface area contributed by atoms with Crippen molar-refractivity contribution in [3.05, 3.63) is 58.9 Å². The second kappa shape index (κ2) is 6.38. The van der Waals surface area contributed by atoms with Crippen LogP contribution in [0.3, 0.4) is 0 Å². The second-order valence-electron chi connectivity index (χ2n) is 5.25. The molecule has 2 amide bonds. The number of nitrogens with zero attached hydrogens (tertiary/aromatic N) is 1. The van der Waals surface area contributed by atoms with Gasteiger partial charge in [-0.25, -0.2) is 4.39 Å². The second-order valence-corrected chi connectivity index (χ2v) is 5.65. The van der Waals surface area contributed by atoms with Gasteiger partial charge in [-0.1, -0.05) is 17.7 Å². The largest absolute Gasteiger partial charge is 0.322 e. The summed E-state index contributed by atoms with van der Waals surface area (Å²) in [5.41, 5.74) is 1.10. The van der Waals surface area contributed by atoms with E-state index in [0.29, 0.717) is 18.7 Å². The number of amides is 2. The van der Waals surface area contributed by atoms with Crippen molar-refractivity contribution in [3.8, 4) is 0 Å². The molecule has 1 heterocycles. The molecule has 0 spiro atoms. The minimum atomic E-state index is -0.672. The molecular weight excluding hydrogens is 319 g/mol. The summed E-state index contributed by atoms with van der Waals surface area (Å²) in [6.45, 7) is 0.704. The van der Waals surface area contributed by atoms with Gasteiger partial charge in [-0.2, -0.15) is 0 Å². The lowest BCUT2D eigenvalue weighted by Gasteiger charge is -2.16. The third-order valence-electron chi connectivity index (χ3n) is 3.70. The van der Waals surface area contributed by atoms with Crippen molar-refractivity contribution in [2.45, 2.75) is 12.8 Å². The molecule has 0 aliphatic carbocycles. The lowest BCUT2D eigenvalue weighted by molar-refractivity contribution is -0.117. The van der Waals surface area contributed by atoms with Crippen molar-refractivity contribution in [2.75, 3.05) is 16.8 Å². The summed E-state index contributed by atoms with van der Waals surface area (Å²) in [7, 11) is 0. The number of nitrogens with one attached hydrogen (secondary N) is 1. The summed E-state index contributed by atoms with van der Waals surface area (Å²) >= 11 is 5.87. The van der Waals surface area contributed by atoms with Crippen molar-refractivity contribution >= 4 is 34.8 Å². The van der Waals surface area contributed by atoms with Gasteiger partial charge < -0.3 is 10.2 Å². The van der Waals surface area contributed by atoms with Crippen molar-refractivity contribution in [1.29, 1.82) is 0 Å². The predicted octanol–water partition coefficient (Wildman–Crippen LogP) is 3.86. The van der Waals surface area contributed by atoms with Gasteiger partial charge in [-0.15, -0.1) is 0 Å². The number of hydrogen-bond acceptors (Lipinski definition) is 2. The highest BCUT2D eigenvalue weighted by molar-refractivity contribution is 6.34. The number of anilines is 2. The minimum absolute atomic E-state index is 0.0572. The van der Waals surface area contributed by atoms with E-state index >= 15 is 0 Å².